The third kappa shape index (κ3) is 5.80. The lowest BCUT2D eigenvalue weighted by Crippen LogP contribution is -2.45. The Balaban J connectivity index is 2.44. The van der Waals surface area contributed by atoms with Gasteiger partial charge in [0.05, 0.1) is 17.3 Å². The molecule has 0 aromatic carbocycles. The highest BCUT2D eigenvalue weighted by Gasteiger charge is 2.26. The van der Waals surface area contributed by atoms with Crippen molar-refractivity contribution in [3.8, 4) is 0 Å². The summed E-state index contributed by atoms with van der Waals surface area (Å²) in [4.78, 5) is 23.5. The van der Waals surface area contributed by atoms with E-state index in [9.17, 15) is 14.9 Å². The number of nitrogens with one attached hydrogen (secondary N) is 2. The summed E-state index contributed by atoms with van der Waals surface area (Å²) in [5, 5.41) is 20.4. The van der Waals surface area contributed by atoms with Crippen LogP contribution in [0.2, 0.25) is 0 Å². The van der Waals surface area contributed by atoms with Crippen LogP contribution in [0.15, 0.2) is 11.9 Å². The van der Waals surface area contributed by atoms with Crippen molar-refractivity contribution in [2.45, 2.75) is 45.3 Å². The Morgan fingerprint density at radius 1 is 1.43 bits per heavy atom. The number of ether oxygens (including phenoxy) is 1. The average molecular weight is 298 g/mol. The van der Waals surface area contributed by atoms with Crippen molar-refractivity contribution in [2.24, 2.45) is 0 Å². The minimum absolute atomic E-state index is 0.0542. The molecule has 8 heteroatoms. The molecule has 2 N–H and O–H groups in total. The molecule has 1 heterocycles. The quantitative estimate of drug-likeness (QED) is 0.467. The van der Waals surface area contributed by atoms with Crippen molar-refractivity contribution in [1.82, 2.24) is 10.2 Å². The zero-order valence-electron chi connectivity index (χ0n) is 12.6. The Morgan fingerprint density at radius 2 is 2.00 bits per heavy atom. The summed E-state index contributed by atoms with van der Waals surface area (Å²) in [7, 11) is 0. The van der Waals surface area contributed by atoms with Gasteiger partial charge in [0.1, 0.15) is 5.60 Å². The van der Waals surface area contributed by atoms with E-state index in [1.54, 1.807) is 4.90 Å². The molecule has 8 nitrogen and oxygen atoms in total. The first kappa shape index (κ1) is 16.9. The number of hydrogen-bond acceptors (Lipinski definition) is 6. The molecule has 0 aromatic rings. The van der Waals surface area contributed by atoms with Crippen LogP contribution in [-0.2, 0) is 4.74 Å². The third-order valence-corrected chi connectivity index (χ3v) is 2.97. The van der Waals surface area contributed by atoms with E-state index in [1.165, 1.54) is 6.20 Å². The fourth-order valence-corrected chi connectivity index (χ4v) is 1.91. The van der Waals surface area contributed by atoms with Crippen LogP contribution in [0.25, 0.3) is 0 Å². The molecule has 0 radical (unpaired) electrons. The van der Waals surface area contributed by atoms with Crippen molar-refractivity contribution in [2.75, 3.05) is 13.1 Å². The SMILES string of the molecule is CC(C)(C)OC(=O)N1CCC(N/C=C(\C=N)[N+](=O)[O-])CC1. The first-order valence-corrected chi connectivity index (χ1v) is 6.82. The van der Waals surface area contributed by atoms with Crippen molar-refractivity contribution in [1.29, 1.82) is 5.41 Å². The third-order valence-electron chi connectivity index (χ3n) is 2.97. The normalized spacial score (nSPS) is 17.3. The molecule has 0 aliphatic carbocycles. The molecule has 0 spiro atoms. The first-order valence-electron chi connectivity index (χ1n) is 6.82. The van der Waals surface area contributed by atoms with Crippen LogP contribution in [0.1, 0.15) is 33.6 Å². The topological polar surface area (TPSA) is 109 Å². The van der Waals surface area contributed by atoms with E-state index in [2.05, 4.69) is 5.32 Å². The summed E-state index contributed by atoms with van der Waals surface area (Å²) in [6, 6.07) is 0.0542. The van der Waals surface area contributed by atoms with E-state index in [0.29, 0.717) is 32.1 Å². The van der Waals surface area contributed by atoms with Crippen molar-refractivity contribution < 1.29 is 14.5 Å². The van der Waals surface area contributed by atoms with Gasteiger partial charge >= 0.3 is 11.8 Å². The molecule has 118 valence electrons. The Hall–Kier alpha value is -2.12. The van der Waals surface area contributed by atoms with E-state index in [-0.39, 0.29) is 17.8 Å². The van der Waals surface area contributed by atoms with Crippen LogP contribution in [0, 0.1) is 15.5 Å². The van der Waals surface area contributed by atoms with Gasteiger partial charge in [-0.25, -0.2) is 4.79 Å². The molecule has 1 saturated heterocycles. The fraction of sp³-hybridized carbons (Fsp3) is 0.692. The largest absolute Gasteiger partial charge is 0.444 e. The molecule has 0 atom stereocenters. The van der Waals surface area contributed by atoms with E-state index >= 15 is 0 Å². The van der Waals surface area contributed by atoms with Gasteiger partial charge in [-0.15, -0.1) is 0 Å². The maximum absolute atomic E-state index is 11.9. The predicted molar refractivity (Wildman–Crippen MR) is 77.8 cm³/mol. The van der Waals surface area contributed by atoms with Gasteiger partial charge < -0.3 is 20.4 Å². The molecular weight excluding hydrogens is 276 g/mol. The summed E-state index contributed by atoms with van der Waals surface area (Å²) >= 11 is 0. The summed E-state index contributed by atoms with van der Waals surface area (Å²) in [5.41, 5.74) is -0.802. The molecule has 21 heavy (non-hydrogen) atoms. The Bertz CT molecular complexity index is 434. The number of nitrogens with zero attached hydrogens (tertiary/aromatic N) is 2. The number of amides is 1. The van der Waals surface area contributed by atoms with Crippen molar-refractivity contribution >= 4 is 12.3 Å². The second-order valence-corrected chi connectivity index (χ2v) is 5.88. The Labute approximate surface area is 123 Å². The number of likely N-dealkylation sites (tertiary alicyclic amines) is 1. The number of carbonyl (C=O) groups excluding carboxylic acids is 1. The average Bonchev–Trinajstić information content (AvgIpc) is 2.37. The number of allylic oxidation sites excluding steroid dienone is 1. The smallest absolute Gasteiger partial charge is 0.410 e. The van der Waals surface area contributed by atoms with E-state index in [0.717, 1.165) is 0 Å². The maximum atomic E-state index is 11.9. The minimum atomic E-state index is -0.615. The van der Waals surface area contributed by atoms with Crippen LogP contribution in [-0.4, -0.2) is 46.9 Å². The standard InChI is InChI=1S/C13H22N4O4/c1-13(2,3)21-12(18)16-6-4-10(5-7-16)15-9-11(8-14)17(19)20/h8-10,14-15H,4-7H2,1-3H3/b11-9+,14-8?. The predicted octanol–water partition coefficient (Wildman–Crippen LogP) is 1.74. The zero-order valence-corrected chi connectivity index (χ0v) is 12.6. The fourth-order valence-electron chi connectivity index (χ4n) is 1.91. The van der Waals surface area contributed by atoms with Gasteiger partial charge in [-0.3, -0.25) is 10.1 Å². The molecule has 0 unspecified atom stereocenters. The lowest BCUT2D eigenvalue weighted by Gasteiger charge is -2.33. The van der Waals surface area contributed by atoms with Gasteiger partial charge in [0.2, 0.25) is 0 Å². The molecule has 1 fully saturated rings. The Kier molecular flexibility index (Phi) is 5.69. The lowest BCUT2D eigenvalue weighted by atomic mass is 10.1. The Morgan fingerprint density at radius 3 is 2.43 bits per heavy atom. The van der Waals surface area contributed by atoms with Crippen LogP contribution in [0.3, 0.4) is 0 Å². The molecule has 1 rings (SSSR count). The monoisotopic (exact) mass is 298 g/mol. The van der Waals surface area contributed by atoms with E-state index in [1.807, 2.05) is 20.8 Å². The maximum Gasteiger partial charge on any atom is 0.410 e. The summed E-state index contributed by atoms with van der Waals surface area (Å²) in [5.74, 6) is 0. The molecular formula is C13H22N4O4. The second kappa shape index (κ2) is 7.05. The van der Waals surface area contributed by atoms with Gasteiger partial charge in [-0.1, -0.05) is 0 Å². The van der Waals surface area contributed by atoms with E-state index < -0.39 is 10.5 Å². The molecule has 0 bridgehead atoms. The van der Waals surface area contributed by atoms with Gasteiger partial charge in [0.15, 0.2) is 0 Å². The highest BCUT2D eigenvalue weighted by Crippen LogP contribution is 2.15. The molecule has 1 aliphatic heterocycles. The number of hydrogen-bond donors (Lipinski definition) is 2. The number of rotatable bonds is 4. The zero-order chi connectivity index (χ0) is 16.0. The lowest BCUT2D eigenvalue weighted by molar-refractivity contribution is -0.414. The van der Waals surface area contributed by atoms with Crippen LogP contribution >= 0.6 is 0 Å². The van der Waals surface area contributed by atoms with Crippen molar-refractivity contribution in [3.05, 3.63) is 22.0 Å². The highest BCUT2D eigenvalue weighted by molar-refractivity contribution is 5.72. The summed E-state index contributed by atoms with van der Waals surface area (Å²) in [6.45, 7) is 6.54. The minimum Gasteiger partial charge on any atom is -0.444 e. The van der Waals surface area contributed by atoms with Crippen LogP contribution in [0.5, 0.6) is 0 Å². The number of piperidine rings is 1. The van der Waals surface area contributed by atoms with E-state index in [4.69, 9.17) is 10.1 Å². The van der Waals surface area contributed by atoms with Crippen LogP contribution < -0.4 is 5.32 Å². The van der Waals surface area contributed by atoms with Gasteiger partial charge in [-0.2, -0.15) is 0 Å². The number of carbonyl (C=O) groups is 1. The molecule has 1 amide bonds. The summed E-state index contributed by atoms with van der Waals surface area (Å²) in [6.07, 6.45) is 2.96. The van der Waals surface area contributed by atoms with Crippen molar-refractivity contribution in [3.63, 3.8) is 0 Å². The number of nitro groups is 1. The van der Waals surface area contributed by atoms with Gasteiger partial charge in [0.25, 0.3) is 0 Å². The molecule has 1 aliphatic rings. The first-order chi connectivity index (χ1) is 9.73. The van der Waals surface area contributed by atoms with Crippen LogP contribution in [0.4, 0.5) is 4.79 Å². The van der Waals surface area contributed by atoms with Gasteiger partial charge in [-0.05, 0) is 33.6 Å². The molecule has 0 aromatic heterocycles. The second-order valence-electron chi connectivity index (χ2n) is 5.88. The summed E-state index contributed by atoms with van der Waals surface area (Å²) < 4.78 is 5.30. The van der Waals surface area contributed by atoms with Gasteiger partial charge in [0, 0.05) is 19.1 Å². The molecule has 0 saturated carbocycles. The highest BCUT2D eigenvalue weighted by atomic mass is 16.6.